The molecule has 1 aromatic heterocycles. The molecule has 9 heteroatoms. The van der Waals surface area contributed by atoms with Crippen LogP contribution >= 0.6 is 0 Å². The summed E-state index contributed by atoms with van der Waals surface area (Å²) in [4.78, 5) is 20.0. The molecule has 0 spiro atoms. The van der Waals surface area contributed by atoms with Gasteiger partial charge in [-0.1, -0.05) is 49.4 Å². The highest BCUT2D eigenvalue weighted by Gasteiger charge is 2.28. The van der Waals surface area contributed by atoms with Gasteiger partial charge in [0, 0.05) is 37.1 Å². The molecule has 1 aliphatic rings. The van der Waals surface area contributed by atoms with Crippen LogP contribution in [0.25, 0.3) is 0 Å². The molecule has 214 valence electrons. The zero-order valence-corrected chi connectivity index (χ0v) is 24.1. The van der Waals surface area contributed by atoms with Crippen LogP contribution in [0.5, 0.6) is 0 Å². The first kappa shape index (κ1) is 28.7. The van der Waals surface area contributed by atoms with Crippen molar-refractivity contribution in [3.63, 3.8) is 0 Å². The van der Waals surface area contributed by atoms with Gasteiger partial charge in [-0.2, -0.15) is 0 Å². The molecule has 0 bridgehead atoms. The first-order valence-corrected chi connectivity index (χ1v) is 15.5. The number of carbonyl (C=O) groups excluding carboxylic acids is 1. The van der Waals surface area contributed by atoms with Gasteiger partial charge in [-0.25, -0.2) is 22.5 Å². The molecule has 0 aliphatic heterocycles. The second-order valence-electron chi connectivity index (χ2n) is 10.5. The number of aryl methyl sites for hydroxylation is 2. The Balaban J connectivity index is 1.47. The summed E-state index contributed by atoms with van der Waals surface area (Å²) in [5, 5.41) is 0. The van der Waals surface area contributed by atoms with Crippen LogP contribution in [0.4, 0.5) is 10.1 Å². The van der Waals surface area contributed by atoms with Gasteiger partial charge in [-0.15, -0.1) is 0 Å². The SMILES string of the molecule is CCn1ccnc1CN(C(=O)C[C@H](C)c1ccccc1)c1ccc2c(c1)C(NS(=O)(=O)c1cccc(F)c1)CCC2. The van der Waals surface area contributed by atoms with E-state index in [4.69, 9.17) is 0 Å². The zero-order chi connectivity index (χ0) is 29.0. The van der Waals surface area contributed by atoms with E-state index in [1.54, 1.807) is 11.1 Å². The van der Waals surface area contributed by atoms with E-state index in [-0.39, 0.29) is 16.7 Å². The molecule has 0 fully saturated rings. The molecule has 7 nitrogen and oxygen atoms in total. The van der Waals surface area contributed by atoms with Gasteiger partial charge in [0.15, 0.2) is 0 Å². The Morgan fingerprint density at radius 3 is 2.68 bits per heavy atom. The number of rotatable bonds is 10. The number of halogens is 1. The van der Waals surface area contributed by atoms with E-state index < -0.39 is 21.9 Å². The number of anilines is 1. The summed E-state index contributed by atoms with van der Waals surface area (Å²) in [7, 11) is -3.95. The Bertz CT molecular complexity index is 1620. The molecule has 41 heavy (non-hydrogen) atoms. The van der Waals surface area contributed by atoms with Gasteiger partial charge in [0.2, 0.25) is 15.9 Å². The van der Waals surface area contributed by atoms with E-state index >= 15 is 0 Å². The number of fused-ring (bicyclic) bond motifs is 1. The lowest BCUT2D eigenvalue weighted by molar-refractivity contribution is -0.119. The van der Waals surface area contributed by atoms with Crippen LogP contribution in [-0.4, -0.2) is 23.9 Å². The molecule has 0 saturated carbocycles. The summed E-state index contributed by atoms with van der Waals surface area (Å²) >= 11 is 0. The Morgan fingerprint density at radius 1 is 1.12 bits per heavy atom. The maximum Gasteiger partial charge on any atom is 0.241 e. The topological polar surface area (TPSA) is 84.3 Å². The van der Waals surface area contributed by atoms with Crippen molar-refractivity contribution in [1.82, 2.24) is 14.3 Å². The number of nitrogens with zero attached hydrogens (tertiary/aromatic N) is 3. The number of hydrogen-bond acceptors (Lipinski definition) is 4. The average molecular weight is 575 g/mol. The third-order valence-electron chi connectivity index (χ3n) is 7.75. The number of carbonyl (C=O) groups is 1. The number of imidazole rings is 1. The highest BCUT2D eigenvalue weighted by molar-refractivity contribution is 7.89. The van der Waals surface area contributed by atoms with E-state index in [2.05, 4.69) is 9.71 Å². The summed E-state index contributed by atoms with van der Waals surface area (Å²) in [6.07, 6.45) is 6.17. The van der Waals surface area contributed by atoms with Gasteiger partial charge in [0.25, 0.3) is 0 Å². The van der Waals surface area contributed by atoms with Crippen LogP contribution in [0.2, 0.25) is 0 Å². The van der Waals surface area contributed by atoms with Crippen LogP contribution in [0.1, 0.15) is 67.6 Å². The predicted molar refractivity (Wildman–Crippen MR) is 157 cm³/mol. The summed E-state index contributed by atoms with van der Waals surface area (Å²) < 4.78 is 45.0. The highest BCUT2D eigenvalue weighted by Crippen LogP contribution is 2.35. The molecule has 3 aromatic carbocycles. The van der Waals surface area contributed by atoms with E-state index in [0.717, 1.165) is 48.0 Å². The minimum Gasteiger partial charge on any atom is -0.334 e. The number of hydrogen-bond donors (Lipinski definition) is 1. The van der Waals surface area contributed by atoms with Crippen molar-refractivity contribution in [1.29, 1.82) is 0 Å². The molecule has 5 rings (SSSR count). The highest BCUT2D eigenvalue weighted by atomic mass is 32.2. The van der Waals surface area contributed by atoms with Gasteiger partial charge in [-0.05, 0) is 79.1 Å². The molecule has 2 atom stereocenters. The van der Waals surface area contributed by atoms with Crippen LogP contribution in [-0.2, 0) is 34.3 Å². The minimum absolute atomic E-state index is 0.0144. The molecule has 1 N–H and O–H groups in total. The van der Waals surface area contributed by atoms with Crippen molar-refractivity contribution in [2.45, 2.75) is 69.5 Å². The molecule has 1 heterocycles. The van der Waals surface area contributed by atoms with Crippen molar-refractivity contribution in [3.05, 3.63) is 114 Å². The third-order valence-corrected chi connectivity index (χ3v) is 9.22. The van der Waals surface area contributed by atoms with Crippen molar-refractivity contribution in [2.75, 3.05) is 4.90 Å². The maximum absolute atomic E-state index is 13.9. The van der Waals surface area contributed by atoms with E-state index in [0.29, 0.717) is 25.1 Å². The lowest BCUT2D eigenvalue weighted by Gasteiger charge is -2.30. The number of benzene rings is 3. The van der Waals surface area contributed by atoms with Crippen molar-refractivity contribution in [2.24, 2.45) is 0 Å². The lowest BCUT2D eigenvalue weighted by atomic mass is 9.87. The van der Waals surface area contributed by atoms with Gasteiger partial charge in [-0.3, -0.25) is 4.79 Å². The first-order valence-electron chi connectivity index (χ1n) is 14.0. The quantitative estimate of drug-likeness (QED) is 0.247. The van der Waals surface area contributed by atoms with Crippen LogP contribution in [0, 0.1) is 5.82 Å². The Hall–Kier alpha value is -3.82. The molecule has 0 saturated heterocycles. The Kier molecular flexibility index (Phi) is 8.65. The molecule has 1 aliphatic carbocycles. The Labute approximate surface area is 241 Å². The predicted octanol–water partition coefficient (Wildman–Crippen LogP) is 6.13. The van der Waals surface area contributed by atoms with Crippen LogP contribution in [0.15, 0.2) is 90.1 Å². The zero-order valence-electron chi connectivity index (χ0n) is 23.3. The first-order chi connectivity index (χ1) is 19.7. The largest absolute Gasteiger partial charge is 0.334 e. The second-order valence-corrected chi connectivity index (χ2v) is 12.2. The number of amides is 1. The normalized spacial score (nSPS) is 15.7. The van der Waals surface area contributed by atoms with Gasteiger partial charge >= 0.3 is 0 Å². The van der Waals surface area contributed by atoms with E-state index in [9.17, 15) is 17.6 Å². The lowest BCUT2D eigenvalue weighted by Crippen LogP contribution is -2.34. The third kappa shape index (κ3) is 6.57. The van der Waals surface area contributed by atoms with Crippen molar-refractivity contribution >= 4 is 21.6 Å². The smallest absolute Gasteiger partial charge is 0.241 e. The van der Waals surface area contributed by atoms with Crippen molar-refractivity contribution < 1.29 is 17.6 Å². The maximum atomic E-state index is 13.9. The van der Waals surface area contributed by atoms with Crippen LogP contribution in [0.3, 0.4) is 0 Å². The number of aromatic nitrogens is 2. The van der Waals surface area contributed by atoms with Gasteiger partial charge in [0.1, 0.15) is 11.6 Å². The van der Waals surface area contributed by atoms with E-state index in [1.165, 1.54) is 18.2 Å². The summed E-state index contributed by atoms with van der Waals surface area (Å²) in [6.45, 7) is 5.09. The van der Waals surface area contributed by atoms with Gasteiger partial charge < -0.3 is 9.47 Å². The number of sulfonamides is 1. The van der Waals surface area contributed by atoms with Crippen LogP contribution < -0.4 is 9.62 Å². The molecular weight excluding hydrogens is 539 g/mol. The minimum atomic E-state index is -3.95. The average Bonchev–Trinajstić information content (AvgIpc) is 3.43. The standard InChI is InChI=1S/C32H35FN4O3S/c1-3-36-18-17-34-31(36)22-37(32(38)19-23(2)24-9-5-4-6-10-24)27-16-15-25-11-7-14-30(29(25)21-27)35-41(39,40)28-13-8-12-26(33)20-28/h4-6,8-10,12-13,15-18,20-21,23,30,35H,3,7,11,14,19,22H2,1-2H3/t23-,30?/m0/s1. The monoisotopic (exact) mass is 574 g/mol. The Morgan fingerprint density at radius 2 is 1.93 bits per heavy atom. The van der Waals surface area contributed by atoms with E-state index in [1.807, 2.05) is 73.1 Å². The van der Waals surface area contributed by atoms with Gasteiger partial charge in [0.05, 0.1) is 11.4 Å². The molecular formula is C32H35FN4O3S. The molecule has 1 unspecified atom stereocenters. The summed E-state index contributed by atoms with van der Waals surface area (Å²) in [5.41, 5.74) is 3.65. The van der Waals surface area contributed by atoms with Crippen molar-refractivity contribution in [3.8, 4) is 0 Å². The fraction of sp³-hybridized carbons (Fsp3) is 0.312. The number of nitrogens with one attached hydrogen (secondary N) is 1. The molecule has 0 radical (unpaired) electrons. The summed E-state index contributed by atoms with van der Waals surface area (Å²) in [5.74, 6) is 0.137. The fourth-order valence-corrected chi connectivity index (χ4v) is 6.76. The second kappa shape index (κ2) is 12.4. The fourth-order valence-electron chi connectivity index (χ4n) is 5.48. The molecule has 1 amide bonds. The molecule has 4 aromatic rings. The summed E-state index contributed by atoms with van der Waals surface area (Å²) in [6, 6.07) is 20.3.